The van der Waals surface area contributed by atoms with Crippen molar-refractivity contribution >= 4 is 11.6 Å². The maximum Gasteiger partial charge on any atom is 0.136 e. The molecule has 2 aromatic rings. The predicted octanol–water partition coefficient (Wildman–Crippen LogP) is 2.79. The van der Waals surface area contributed by atoms with E-state index in [1.54, 1.807) is 6.20 Å². The average Bonchev–Trinajstić information content (AvgIpc) is 2.98. The van der Waals surface area contributed by atoms with Crippen LogP contribution in [0.25, 0.3) is 5.82 Å². The fourth-order valence-electron chi connectivity index (χ4n) is 2.66. The summed E-state index contributed by atoms with van der Waals surface area (Å²) < 4.78 is 7.51. The van der Waals surface area contributed by atoms with Crippen molar-refractivity contribution in [3.8, 4) is 5.82 Å². The summed E-state index contributed by atoms with van der Waals surface area (Å²) in [5, 5.41) is 0.666. The van der Waals surface area contributed by atoms with Crippen molar-refractivity contribution in [1.82, 2.24) is 14.5 Å². The lowest BCUT2D eigenvalue weighted by molar-refractivity contribution is 0.0374. The molecule has 0 aliphatic carbocycles. The number of pyridine rings is 1. The molecule has 1 aliphatic rings. The van der Waals surface area contributed by atoms with Gasteiger partial charge in [0, 0.05) is 31.2 Å². The number of morpholine rings is 1. The smallest absolute Gasteiger partial charge is 0.136 e. The molecule has 0 amide bonds. The van der Waals surface area contributed by atoms with Crippen molar-refractivity contribution in [2.75, 3.05) is 32.8 Å². The molecule has 1 aliphatic heterocycles. The molecule has 3 heterocycles. The minimum atomic E-state index is 0.666. The largest absolute Gasteiger partial charge is 0.379 e. The van der Waals surface area contributed by atoms with E-state index in [4.69, 9.17) is 16.3 Å². The Labute approximate surface area is 130 Å². The standard InChI is InChI=1S/C16H20ClN3O/c17-14-5-6-16(18-13-14)20-8-2-4-15(20)3-1-7-19-9-11-21-12-10-19/h2,4-6,8,13H,1,3,7,9-12H2. The van der Waals surface area contributed by atoms with E-state index in [0.29, 0.717) is 5.02 Å². The Morgan fingerprint density at radius 1 is 1.19 bits per heavy atom. The molecule has 1 saturated heterocycles. The predicted molar refractivity (Wildman–Crippen MR) is 84.2 cm³/mol. The minimum absolute atomic E-state index is 0.666. The summed E-state index contributed by atoms with van der Waals surface area (Å²) in [6, 6.07) is 8.06. The van der Waals surface area contributed by atoms with Crippen molar-refractivity contribution in [3.63, 3.8) is 0 Å². The molecule has 0 saturated carbocycles. The van der Waals surface area contributed by atoms with Crippen LogP contribution in [-0.4, -0.2) is 47.3 Å². The van der Waals surface area contributed by atoms with Gasteiger partial charge in [-0.3, -0.25) is 4.90 Å². The number of ether oxygens (including phenoxy) is 1. The zero-order valence-electron chi connectivity index (χ0n) is 12.0. The van der Waals surface area contributed by atoms with E-state index in [9.17, 15) is 0 Å². The molecule has 21 heavy (non-hydrogen) atoms. The Kier molecular flexibility index (Phi) is 4.91. The first kappa shape index (κ1) is 14.6. The molecule has 0 unspecified atom stereocenters. The molecule has 0 spiro atoms. The van der Waals surface area contributed by atoms with Crippen LogP contribution in [0.1, 0.15) is 12.1 Å². The summed E-state index contributed by atoms with van der Waals surface area (Å²) in [5.74, 6) is 0.922. The SMILES string of the molecule is Clc1ccc(-n2cccc2CCCN2CCOCC2)nc1. The summed E-state index contributed by atoms with van der Waals surface area (Å²) >= 11 is 5.89. The molecule has 0 atom stereocenters. The molecule has 0 radical (unpaired) electrons. The Balaban J connectivity index is 1.59. The number of aryl methyl sites for hydroxylation is 1. The highest BCUT2D eigenvalue weighted by Crippen LogP contribution is 2.15. The molecule has 2 aromatic heterocycles. The summed E-state index contributed by atoms with van der Waals surface area (Å²) in [6.07, 6.45) is 5.95. The molecule has 112 valence electrons. The molecular formula is C16H20ClN3O. The maximum atomic E-state index is 5.89. The first-order chi connectivity index (χ1) is 10.3. The van der Waals surface area contributed by atoms with Crippen molar-refractivity contribution in [1.29, 1.82) is 0 Å². The third-order valence-electron chi connectivity index (χ3n) is 3.80. The summed E-state index contributed by atoms with van der Waals surface area (Å²) in [7, 11) is 0. The third kappa shape index (κ3) is 3.84. The van der Waals surface area contributed by atoms with Crippen LogP contribution in [0.5, 0.6) is 0 Å². The number of nitrogens with zero attached hydrogens (tertiary/aromatic N) is 3. The zero-order chi connectivity index (χ0) is 14.5. The molecule has 0 aromatic carbocycles. The van der Waals surface area contributed by atoms with Gasteiger partial charge >= 0.3 is 0 Å². The number of halogens is 1. The fourth-order valence-corrected chi connectivity index (χ4v) is 2.77. The monoisotopic (exact) mass is 305 g/mol. The molecule has 0 bridgehead atoms. The van der Waals surface area contributed by atoms with Crippen molar-refractivity contribution < 1.29 is 4.74 Å². The van der Waals surface area contributed by atoms with Gasteiger partial charge in [0.25, 0.3) is 0 Å². The van der Waals surface area contributed by atoms with Gasteiger partial charge in [-0.1, -0.05) is 11.6 Å². The van der Waals surface area contributed by atoms with Crippen molar-refractivity contribution in [2.24, 2.45) is 0 Å². The molecule has 3 rings (SSSR count). The molecule has 4 nitrogen and oxygen atoms in total. The van der Waals surface area contributed by atoms with Gasteiger partial charge in [-0.25, -0.2) is 4.98 Å². The van der Waals surface area contributed by atoms with Gasteiger partial charge in [0.1, 0.15) is 5.82 Å². The number of hydrogen-bond donors (Lipinski definition) is 0. The van der Waals surface area contributed by atoms with Gasteiger partial charge in [0.2, 0.25) is 0 Å². The maximum absolute atomic E-state index is 5.89. The van der Waals surface area contributed by atoms with E-state index in [0.717, 1.165) is 51.5 Å². The third-order valence-corrected chi connectivity index (χ3v) is 4.03. The topological polar surface area (TPSA) is 30.3 Å². The highest BCUT2D eigenvalue weighted by molar-refractivity contribution is 6.30. The lowest BCUT2D eigenvalue weighted by Crippen LogP contribution is -2.37. The summed E-state index contributed by atoms with van der Waals surface area (Å²) in [6.45, 7) is 4.97. The van der Waals surface area contributed by atoms with Gasteiger partial charge in [-0.15, -0.1) is 0 Å². The Bertz CT molecular complexity index is 561. The highest BCUT2D eigenvalue weighted by Gasteiger charge is 2.10. The normalized spacial score (nSPS) is 16.2. The van der Waals surface area contributed by atoms with Gasteiger partial charge < -0.3 is 9.30 Å². The summed E-state index contributed by atoms with van der Waals surface area (Å²) in [5.41, 5.74) is 1.29. The molecule has 1 fully saturated rings. The number of aromatic nitrogens is 2. The van der Waals surface area contributed by atoms with E-state index < -0.39 is 0 Å². The van der Waals surface area contributed by atoms with Crippen molar-refractivity contribution in [3.05, 3.63) is 47.4 Å². The second-order valence-corrected chi connectivity index (χ2v) is 5.70. The Morgan fingerprint density at radius 2 is 2.05 bits per heavy atom. The van der Waals surface area contributed by atoms with E-state index in [1.165, 1.54) is 5.69 Å². The van der Waals surface area contributed by atoms with E-state index in [-0.39, 0.29) is 0 Å². The minimum Gasteiger partial charge on any atom is -0.379 e. The molecule has 5 heteroatoms. The number of hydrogen-bond acceptors (Lipinski definition) is 3. The van der Waals surface area contributed by atoms with Gasteiger partial charge in [0.05, 0.1) is 18.2 Å². The van der Waals surface area contributed by atoms with Crippen LogP contribution in [0.3, 0.4) is 0 Å². The molecule has 0 N–H and O–H groups in total. The van der Waals surface area contributed by atoms with Crippen LogP contribution < -0.4 is 0 Å². The van der Waals surface area contributed by atoms with Crippen LogP contribution in [0.4, 0.5) is 0 Å². The lowest BCUT2D eigenvalue weighted by Gasteiger charge is -2.26. The molecular weight excluding hydrogens is 286 g/mol. The quantitative estimate of drug-likeness (QED) is 0.851. The van der Waals surface area contributed by atoms with Gasteiger partial charge in [-0.2, -0.15) is 0 Å². The van der Waals surface area contributed by atoms with E-state index in [2.05, 4.69) is 32.8 Å². The van der Waals surface area contributed by atoms with Crippen LogP contribution >= 0.6 is 11.6 Å². The summed E-state index contributed by atoms with van der Waals surface area (Å²) in [4.78, 5) is 6.85. The Morgan fingerprint density at radius 3 is 2.81 bits per heavy atom. The highest BCUT2D eigenvalue weighted by atomic mass is 35.5. The Hall–Kier alpha value is -1.36. The van der Waals surface area contributed by atoms with Crippen molar-refractivity contribution in [2.45, 2.75) is 12.8 Å². The second kappa shape index (κ2) is 7.07. The van der Waals surface area contributed by atoms with Crippen LogP contribution in [0.2, 0.25) is 5.02 Å². The van der Waals surface area contributed by atoms with Crippen LogP contribution in [-0.2, 0) is 11.2 Å². The van der Waals surface area contributed by atoms with Crippen LogP contribution in [0, 0.1) is 0 Å². The van der Waals surface area contributed by atoms with E-state index in [1.807, 2.05) is 12.1 Å². The van der Waals surface area contributed by atoms with E-state index >= 15 is 0 Å². The second-order valence-electron chi connectivity index (χ2n) is 5.26. The van der Waals surface area contributed by atoms with Gasteiger partial charge in [0.15, 0.2) is 0 Å². The van der Waals surface area contributed by atoms with Crippen LogP contribution in [0.15, 0.2) is 36.7 Å². The van der Waals surface area contributed by atoms with Gasteiger partial charge in [-0.05, 0) is 43.7 Å². The first-order valence-corrected chi connectivity index (χ1v) is 7.79. The zero-order valence-corrected chi connectivity index (χ0v) is 12.8. The fraction of sp³-hybridized carbons (Fsp3) is 0.438. The average molecular weight is 306 g/mol. The lowest BCUT2D eigenvalue weighted by atomic mass is 10.2. The number of rotatable bonds is 5. The first-order valence-electron chi connectivity index (χ1n) is 7.41.